The lowest BCUT2D eigenvalue weighted by Gasteiger charge is -2.45. The van der Waals surface area contributed by atoms with Gasteiger partial charge in [-0.25, -0.2) is 0 Å². The van der Waals surface area contributed by atoms with Gasteiger partial charge in [0.1, 0.15) is 0 Å². The average Bonchev–Trinajstić information content (AvgIpc) is 2.83. The van der Waals surface area contributed by atoms with E-state index in [0.29, 0.717) is 12.1 Å². The van der Waals surface area contributed by atoms with Gasteiger partial charge in [-0.05, 0) is 54.5 Å². The molecule has 0 aliphatic carbocycles. The molecule has 162 valence electrons. The van der Waals surface area contributed by atoms with E-state index in [1.807, 2.05) is 59.5 Å². The Labute approximate surface area is 189 Å². The normalized spacial score (nSPS) is 20.0. The zero-order chi connectivity index (χ0) is 22.1. The van der Waals surface area contributed by atoms with Crippen LogP contribution in [0, 0.1) is 0 Å². The summed E-state index contributed by atoms with van der Waals surface area (Å²) in [6, 6.07) is 26.0. The zero-order valence-corrected chi connectivity index (χ0v) is 18.3. The van der Waals surface area contributed by atoms with Crippen molar-refractivity contribution in [3.63, 3.8) is 0 Å². The summed E-state index contributed by atoms with van der Waals surface area (Å²) in [5, 5.41) is 3.26. The number of carbonyl (C=O) groups excluding carboxylic acids is 2. The number of aryl methyl sites for hydroxylation is 1. The Balaban J connectivity index is 1.44. The van der Waals surface area contributed by atoms with Gasteiger partial charge in [-0.15, -0.1) is 0 Å². The maximum absolute atomic E-state index is 13.7. The summed E-state index contributed by atoms with van der Waals surface area (Å²) in [6.07, 6.45) is 2.61. The molecule has 2 aliphatic heterocycles. The van der Waals surface area contributed by atoms with E-state index in [1.165, 1.54) is 11.1 Å². The molecule has 32 heavy (non-hydrogen) atoms. The maximum Gasteiger partial charge on any atom is 0.254 e. The van der Waals surface area contributed by atoms with Gasteiger partial charge in [0.25, 0.3) is 5.91 Å². The molecule has 0 saturated carbocycles. The largest absolute Gasteiger partial charge is 0.353 e. The van der Waals surface area contributed by atoms with Crippen molar-refractivity contribution in [1.82, 2.24) is 10.2 Å². The van der Waals surface area contributed by atoms with Gasteiger partial charge >= 0.3 is 0 Å². The molecule has 0 bridgehead atoms. The highest BCUT2D eigenvalue weighted by Crippen LogP contribution is 2.45. The standard InChI is InChI=1S/C28H28N2O2/c1-19(15-16-20-9-3-2-4-10-20)29-27(31)25-23-13-7-8-14-24(23)28(32)30-18-17-21-11-5-6-12-22(21)26(25)30/h2-14,19,25-26H,15-18H2,1H3,(H,29,31)/t19-,25+,26-/m1/s1. The molecule has 0 aromatic heterocycles. The van der Waals surface area contributed by atoms with Gasteiger partial charge < -0.3 is 10.2 Å². The maximum atomic E-state index is 13.7. The van der Waals surface area contributed by atoms with Crippen LogP contribution in [0.15, 0.2) is 78.9 Å². The van der Waals surface area contributed by atoms with Crippen molar-refractivity contribution in [3.05, 3.63) is 107 Å². The molecule has 3 atom stereocenters. The van der Waals surface area contributed by atoms with E-state index >= 15 is 0 Å². The lowest BCUT2D eigenvalue weighted by atomic mass is 9.75. The highest BCUT2D eigenvalue weighted by atomic mass is 16.2. The van der Waals surface area contributed by atoms with Crippen LogP contribution in [0.3, 0.4) is 0 Å². The van der Waals surface area contributed by atoms with Gasteiger partial charge in [0, 0.05) is 18.2 Å². The number of nitrogens with zero attached hydrogens (tertiary/aromatic N) is 1. The fourth-order valence-electron chi connectivity index (χ4n) is 5.19. The highest BCUT2D eigenvalue weighted by Gasteiger charge is 2.46. The molecule has 2 heterocycles. The van der Waals surface area contributed by atoms with Crippen LogP contribution in [0.2, 0.25) is 0 Å². The summed E-state index contributed by atoms with van der Waals surface area (Å²) in [5.74, 6) is -0.386. The van der Waals surface area contributed by atoms with Crippen molar-refractivity contribution in [2.75, 3.05) is 6.54 Å². The molecular formula is C28H28N2O2. The number of hydrogen-bond donors (Lipinski definition) is 1. The number of fused-ring (bicyclic) bond motifs is 4. The number of rotatable bonds is 5. The molecule has 0 spiro atoms. The van der Waals surface area contributed by atoms with Crippen LogP contribution in [0.4, 0.5) is 0 Å². The minimum atomic E-state index is -0.412. The Kier molecular flexibility index (Phi) is 5.52. The SMILES string of the molecule is C[C@H](CCc1ccccc1)NC(=O)[C@H]1c2ccccc2C(=O)N2CCc3ccccc3[C@H]12. The van der Waals surface area contributed by atoms with E-state index in [4.69, 9.17) is 0 Å². The zero-order valence-electron chi connectivity index (χ0n) is 18.3. The molecule has 5 rings (SSSR count). The third kappa shape index (κ3) is 3.70. The van der Waals surface area contributed by atoms with Crippen molar-refractivity contribution < 1.29 is 9.59 Å². The van der Waals surface area contributed by atoms with Gasteiger partial charge in [0.2, 0.25) is 5.91 Å². The van der Waals surface area contributed by atoms with Gasteiger partial charge in [-0.2, -0.15) is 0 Å². The molecule has 1 N–H and O–H groups in total. The number of nitrogens with one attached hydrogen (secondary N) is 1. The predicted molar refractivity (Wildman–Crippen MR) is 125 cm³/mol. The number of benzene rings is 3. The van der Waals surface area contributed by atoms with Crippen molar-refractivity contribution >= 4 is 11.8 Å². The molecule has 0 unspecified atom stereocenters. The van der Waals surface area contributed by atoms with E-state index in [9.17, 15) is 9.59 Å². The fraction of sp³-hybridized carbons (Fsp3) is 0.286. The molecule has 0 radical (unpaired) electrons. The van der Waals surface area contributed by atoms with Crippen molar-refractivity contribution in [2.24, 2.45) is 0 Å². The van der Waals surface area contributed by atoms with E-state index in [2.05, 4.69) is 36.5 Å². The van der Waals surface area contributed by atoms with Crippen LogP contribution in [0.5, 0.6) is 0 Å². The second-order valence-corrected chi connectivity index (χ2v) is 8.89. The van der Waals surface area contributed by atoms with E-state index in [-0.39, 0.29) is 23.9 Å². The first-order valence-electron chi connectivity index (χ1n) is 11.5. The summed E-state index contributed by atoms with van der Waals surface area (Å²) in [7, 11) is 0. The highest BCUT2D eigenvalue weighted by molar-refractivity contribution is 6.01. The van der Waals surface area contributed by atoms with E-state index in [1.54, 1.807) is 0 Å². The molecule has 2 amide bonds. The Morgan fingerprint density at radius 3 is 2.47 bits per heavy atom. The third-order valence-corrected chi connectivity index (χ3v) is 6.81. The number of hydrogen-bond acceptors (Lipinski definition) is 2. The summed E-state index contributed by atoms with van der Waals surface area (Å²) >= 11 is 0. The number of carbonyl (C=O) groups is 2. The Hall–Kier alpha value is -3.40. The lowest BCUT2D eigenvalue weighted by molar-refractivity contribution is -0.125. The van der Waals surface area contributed by atoms with Gasteiger partial charge in [-0.3, -0.25) is 9.59 Å². The Bertz CT molecular complexity index is 1140. The third-order valence-electron chi connectivity index (χ3n) is 6.81. The van der Waals surface area contributed by atoms with Crippen LogP contribution in [-0.4, -0.2) is 29.3 Å². The average molecular weight is 425 g/mol. The second-order valence-electron chi connectivity index (χ2n) is 8.89. The summed E-state index contributed by atoms with van der Waals surface area (Å²) in [4.78, 5) is 28.9. The van der Waals surface area contributed by atoms with Gasteiger partial charge in [-0.1, -0.05) is 72.8 Å². The Morgan fingerprint density at radius 1 is 0.969 bits per heavy atom. The quantitative estimate of drug-likeness (QED) is 0.648. The first-order chi connectivity index (χ1) is 15.6. The van der Waals surface area contributed by atoms with Crippen molar-refractivity contribution in [1.29, 1.82) is 0 Å². The molecule has 2 aliphatic rings. The Morgan fingerprint density at radius 2 is 1.66 bits per heavy atom. The monoisotopic (exact) mass is 424 g/mol. The molecule has 0 fully saturated rings. The van der Waals surface area contributed by atoms with Crippen LogP contribution in [0.25, 0.3) is 0 Å². The van der Waals surface area contributed by atoms with Crippen LogP contribution in [-0.2, 0) is 17.6 Å². The minimum Gasteiger partial charge on any atom is -0.353 e. The first kappa shape index (κ1) is 20.5. The first-order valence-corrected chi connectivity index (χ1v) is 11.5. The molecule has 3 aromatic rings. The van der Waals surface area contributed by atoms with Crippen LogP contribution in [0.1, 0.15) is 57.9 Å². The topological polar surface area (TPSA) is 49.4 Å². The molecule has 0 saturated heterocycles. The fourth-order valence-corrected chi connectivity index (χ4v) is 5.19. The van der Waals surface area contributed by atoms with E-state index in [0.717, 1.165) is 30.4 Å². The van der Waals surface area contributed by atoms with Crippen molar-refractivity contribution in [2.45, 2.75) is 44.2 Å². The summed E-state index contributed by atoms with van der Waals surface area (Å²) in [5.41, 5.74) is 5.09. The molecular weight excluding hydrogens is 396 g/mol. The molecule has 4 heteroatoms. The van der Waals surface area contributed by atoms with Gasteiger partial charge in [0.15, 0.2) is 0 Å². The smallest absolute Gasteiger partial charge is 0.254 e. The predicted octanol–water partition coefficient (Wildman–Crippen LogP) is 4.66. The van der Waals surface area contributed by atoms with Crippen LogP contribution >= 0.6 is 0 Å². The summed E-state index contributed by atoms with van der Waals surface area (Å²) < 4.78 is 0. The minimum absolute atomic E-state index is 0.00258. The summed E-state index contributed by atoms with van der Waals surface area (Å²) in [6.45, 7) is 2.70. The second kappa shape index (κ2) is 8.62. The molecule has 3 aromatic carbocycles. The van der Waals surface area contributed by atoms with Crippen molar-refractivity contribution in [3.8, 4) is 0 Å². The lowest BCUT2D eigenvalue weighted by Crippen LogP contribution is -2.51. The molecule has 4 nitrogen and oxygen atoms in total. The van der Waals surface area contributed by atoms with E-state index < -0.39 is 5.92 Å². The van der Waals surface area contributed by atoms with Crippen LogP contribution < -0.4 is 5.32 Å². The van der Waals surface area contributed by atoms with Gasteiger partial charge in [0.05, 0.1) is 12.0 Å². The number of amides is 2.